The van der Waals surface area contributed by atoms with Crippen LogP contribution in [0.3, 0.4) is 0 Å². The van der Waals surface area contributed by atoms with E-state index in [9.17, 15) is 4.79 Å². The number of rotatable bonds is 4. The average molecular weight is 319 g/mol. The van der Waals surface area contributed by atoms with Crippen molar-refractivity contribution in [2.75, 3.05) is 18.4 Å². The SMILES string of the molecule is Cc1ccc(CN2CC(Nc3ccc4c(=O)[nH]ccc4c3)C2)cc1. The van der Waals surface area contributed by atoms with Gasteiger partial charge in [-0.2, -0.15) is 0 Å². The van der Waals surface area contributed by atoms with Crippen LogP contribution in [-0.4, -0.2) is 29.0 Å². The third kappa shape index (κ3) is 3.05. The summed E-state index contributed by atoms with van der Waals surface area (Å²) in [6.07, 6.45) is 1.70. The van der Waals surface area contributed by atoms with Crippen LogP contribution < -0.4 is 10.9 Å². The molecule has 0 bridgehead atoms. The number of nitrogens with zero attached hydrogens (tertiary/aromatic N) is 1. The van der Waals surface area contributed by atoms with E-state index in [1.807, 2.05) is 24.3 Å². The zero-order valence-electron chi connectivity index (χ0n) is 13.8. The Hall–Kier alpha value is -2.59. The number of aryl methyl sites for hydroxylation is 1. The Kier molecular flexibility index (Phi) is 3.82. The van der Waals surface area contributed by atoms with Crippen molar-refractivity contribution in [2.24, 2.45) is 0 Å². The Bertz CT molecular complexity index is 908. The van der Waals surface area contributed by atoms with E-state index in [0.717, 1.165) is 36.1 Å². The predicted octanol–water partition coefficient (Wildman–Crippen LogP) is 3.13. The molecule has 0 saturated carbocycles. The Morgan fingerprint density at radius 2 is 1.92 bits per heavy atom. The monoisotopic (exact) mass is 319 g/mol. The van der Waals surface area contributed by atoms with Gasteiger partial charge in [0.2, 0.25) is 0 Å². The van der Waals surface area contributed by atoms with Crippen LogP contribution in [0.4, 0.5) is 5.69 Å². The number of nitrogens with one attached hydrogen (secondary N) is 2. The van der Waals surface area contributed by atoms with Gasteiger partial charge in [-0.15, -0.1) is 0 Å². The zero-order valence-corrected chi connectivity index (χ0v) is 13.8. The van der Waals surface area contributed by atoms with E-state index >= 15 is 0 Å². The molecule has 4 rings (SSSR count). The van der Waals surface area contributed by atoms with Gasteiger partial charge in [-0.1, -0.05) is 29.8 Å². The molecule has 0 atom stereocenters. The van der Waals surface area contributed by atoms with Crippen molar-refractivity contribution in [1.29, 1.82) is 0 Å². The molecule has 2 aromatic carbocycles. The highest BCUT2D eigenvalue weighted by Gasteiger charge is 2.26. The average Bonchev–Trinajstić information content (AvgIpc) is 2.55. The first-order chi connectivity index (χ1) is 11.7. The third-order valence-electron chi connectivity index (χ3n) is 4.63. The Morgan fingerprint density at radius 3 is 2.71 bits per heavy atom. The summed E-state index contributed by atoms with van der Waals surface area (Å²) in [5.41, 5.74) is 3.71. The van der Waals surface area contributed by atoms with E-state index in [4.69, 9.17) is 0 Å². The third-order valence-corrected chi connectivity index (χ3v) is 4.63. The van der Waals surface area contributed by atoms with E-state index in [-0.39, 0.29) is 5.56 Å². The Balaban J connectivity index is 1.36. The molecule has 0 aliphatic carbocycles. The number of aromatic amines is 1. The molecule has 1 saturated heterocycles. The van der Waals surface area contributed by atoms with Crippen molar-refractivity contribution in [3.8, 4) is 0 Å². The second kappa shape index (κ2) is 6.13. The van der Waals surface area contributed by atoms with E-state index in [1.54, 1.807) is 6.20 Å². The van der Waals surface area contributed by atoms with Gasteiger partial charge in [0.05, 0.1) is 6.04 Å². The highest BCUT2D eigenvalue weighted by atomic mass is 16.1. The molecule has 3 aromatic rings. The van der Waals surface area contributed by atoms with Crippen LogP contribution >= 0.6 is 0 Å². The molecular weight excluding hydrogens is 298 g/mol. The zero-order chi connectivity index (χ0) is 16.5. The van der Waals surface area contributed by atoms with Gasteiger partial charge in [-0.05, 0) is 42.1 Å². The second-order valence-electron chi connectivity index (χ2n) is 6.63. The highest BCUT2D eigenvalue weighted by Crippen LogP contribution is 2.21. The number of anilines is 1. The van der Waals surface area contributed by atoms with E-state index in [1.165, 1.54) is 11.1 Å². The number of benzene rings is 2. The molecule has 0 amide bonds. The van der Waals surface area contributed by atoms with Crippen LogP contribution in [0, 0.1) is 6.92 Å². The molecule has 4 nitrogen and oxygen atoms in total. The lowest BCUT2D eigenvalue weighted by atomic mass is 10.1. The predicted molar refractivity (Wildman–Crippen MR) is 98.4 cm³/mol. The largest absolute Gasteiger partial charge is 0.380 e. The first-order valence-electron chi connectivity index (χ1n) is 8.33. The summed E-state index contributed by atoms with van der Waals surface area (Å²) in [4.78, 5) is 16.9. The van der Waals surface area contributed by atoms with Gasteiger partial charge >= 0.3 is 0 Å². The smallest absolute Gasteiger partial charge is 0.255 e. The summed E-state index contributed by atoms with van der Waals surface area (Å²) >= 11 is 0. The van der Waals surface area contributed by atoms with E-state index in [0.29, 0.717) is 6.04 Å². The van der Waals surface area contributed by atoms with Gasteiger partial charge in [0.15, 0.2) is 0 Å². The summed E-state index contributed by atoms with van der Waals surface area (Å²) < 4.78 is 0. The van der Waals surface area contributed by atoms with Crippen molar-refractivity contribution in [3.05, 3.63) is 76.2 Å². The fourth-order valence-corrected chi connectivity index (χ4v) is 3.26. The van der Waals surface area contributed by atoms with Crippen molar-refractivity contribution >= 4 is 16.5 Å². The second-order valence-corrected chi connectivity index (χ2v) is 6.63. The van der Waals surface area contributed by atoms with E-state index < -0.39 is 0 Å². The summed E-state index contributed by atoms with van der Waals surface area (Å²) in [7, 11) is 0. The lowest BCUT2D eigenvalue weighted by Crippen LogP contribution is -2.53. The lowest BCUT2D eigenvalue weighted by molar-refractivity contribution is 0.153. The summed E-state index contributed by atoms with van der Waals surface area (Å²) in [5, 5.41) is 5.27. The molecule has 0 spiro atoms. The standard InChI is InChI=1S/C20H21N3O/c1-14-2-4-15(5-3-14)11-23-12-18(13-23)22-17-6-7-19-16(10-17)8-9-21-20(19)24/h2-10,18,22H,11-13H2,1H3,(H,21,24). The van der Waals surface area contributed by atoms with Crippen LogP contribution in [0.1, 0.15) is 11.1 Å². The van der Waals surface area contributed by atoms with Gasteiger partial charge < -0.3 is 10.3 Å². The molecule has 1 aromatic heterocycles. The summed E-state index contributed by atoms with van der Waals surface area (Å²) in [6, 6.07) is 17.1. The molecule has 1 aliphatic rings. The first kappa shape index (κ1) is 15.0. The van der Waals surface area contributed by atoms with Crippen molar-refractivity contribution in [2.45, 2.75) is 19.5 Å². The minimum Gasteiger partial charge on any atom is -0.380 e. The van der Waals surface area contributed by atoms with Crippen LogP contribution in [0.5, 0.6) is 0 Å². The molecule has 0 radical (unpaired) electrons. The van der Waals surface area contributed by atoms with E-state index in [2.05, 4.69) is 46.4 Å². The number of hydrogen-bond donors (Lipinski definition) is 2. The number of fused-ring (bicyclic) bond motifs is 1. The molecular formula is C20H21N3O. The maximum Gasteiger partial charge on any atom is 0.255 e. The number of hydrogen-bond acceptors (Lipinski definition) is 3. The number of H-pyrrole nitrogens is 1. The van der Waals surface area contributed by atoms with Crippen molar-refractivity contribution in [1.82, 2.24) is 9.88 Å². The molecule has 1 aliphatic heterocycles. The van der Waals surface area contributed by atoms with Gasteiger partial charge in [0.25, 0.3) is 5.56 Å². The van der Waals surface area contributed by atoms with Gasteiger partial charge in [-0.3, -0.25) is 9.69 Å². The number of pyridine rings is 1. The Morgan fingerprint density at radius 1 is 1.12 bits per heavy atom. The molecule has 1 fully saturated rings. The number of aromatic nitrogens is 1. The minimum absolute atomic E-state index is 0.0352. The molecule has 122 valence electrons. The normalized spacial score (nSPS) is 15.4. The summed E-state index contributed by atoms with van der Waals surface area (Å²) in [5.74, 6) is 0. The maximum absolute atomic E-state index is 11.7. The molecule has 2 heterocycles. The minimum atomic E-state index is -0.0352. The lowest BCUT2D eigenvalue weighted by Gasteiger charge is -2.40. The van der Waals surface area contributed by atoms with Gasteiger partial charge in [0, 0.05) is 36.9 Å². The fourth-order valence-electron chi connectivity index (χ4n) is 3.26. The van der Waals surface area contributed by atoms with Crippen LogP contribution in [-0.2, 0) is 6.54 Å². The molecule has 2 N–H and O–H groups in total. The molecule has 0 unspecified atom stereocenters. The highest BCUT2D eigenvalue weighted by molar-refractivity contribution is 5.84. The molecule has 24 heavy (non-hydrogen) atoms. The van der Waals surface area contributed by atoms with Crippen LogP contribution in [0.2, 0.25) is 0 Å². The fraction of sp³-hybridized carbons (Fsp3) is 0.250. The summed E-state index contributed by atoms with van der Waals surface area (Å²) in [6.45, 7) is 5.21. The topological polar surface area (TPSA) is 48.1 Å². The maximum atomic E-state index is 11.7. The van der Waals surface area contributed by atoms with Crippen molar-refractivity contribution < 1.29 is 0 Å². The molecule has 4 heteroatoms. The van der Waals surface area contributed by atoms with Crippen LogP contribution in [0.25, 0.3) is 10.8 Å². The Labute approximate surface area is 141 Å². The number of likely N-dealkylation sites (tertiary alicyclic amines) is 1. The van der Waals surface area contributed by atoms with Crippen LogP contribution in [0.15, 0.2) is 59.5 Å². The first-order valence-corrected chi connectivity index (χ1v) is 8.33. The van der Waals surface area contributed by atoms with Gasteiger partial charge in [-0.25, -0.2) is 0 Å². The van der Waals surface area contributed by atoms with Crippen molar-refractivity contribution in [3.63, 3.8) is 0 Å². The van der Waals surface area contributed by atoms with Gasteiger partial charge in [0.1, 0.15) is 0 Å². The quantitative estimate of drug-likeness (QED) is 0.777.